The zero-order valence-electron chi connectivity index (χ0n) is 13.7. The lowest BCUT2D eigenvalue weighted by Crippen LogP contribution is -2.14. The Bertz CT molecular complexity index is 999. The molecule has 4 rings (SSSR count). The average Bonchev–Trinajstić information content (AvgIpc) is 3.31. The predicted molar refractivity (Wildman–Crippen MR) is 90.5 cm³/mol. The summed E-state index contributed by atoms with van der Waals surface area (Å²) in [5, 5.41) is 0.261. The third kappa shape index (κ3) is 2.61. The number of rotatable bonds is 3. The number of ether oxygens (including phenoxy) is 1. The van der Waals surface area contributed by atoms with Crippen LogP contribution in [-0.4, -0.2) is 23.0 Å². The SMILES string of the molecule is Cc1nc2cccc(F)c2c(-c2ccc(F)cc2)c1C(=O)[C@@H]1O[C@H]1C. The fourth-order valence-electron chi connectivity index (χ4n) is 3.21. The van der Waals surface area contributed by atoms with E-state index in [1.54, 1.807) is 31.2 Å². The summed E-state index contributed by atoms with van der Waals surface area (Å²) in [6.45, 7) is 3.53. The van der Waals surface area contributed by atoms with Gasteiger partial charge in [0.05, 0.1) is 17.2 Å². The van der Waals surface area contributed by atoms with Gasteiger partial charge in [0.1, 0.15) is 17.7 Å². The highest BCUT2D eigenvalue weighted by Crippen LogP contribution is 2.37. The van der Waals surface area contributed by atoms with Gasteiger partial charge < -0.3 is 4.74 Å². The van der Waals surface area contributed by atoms with Gasteiger partial charge in [-0.1, -0.05) is 18.2 Å². The number of carbonyl (C=O) groups is 1. The van der Waals surface area contributed by atoms with Crippen molar-refractivity contribution in [1.29, 1.82) is 0 Å². The fraction of sp³-hybridized carbons (Fsp3) is 0.200. The van der Waals surface area contributed by atoms with Gasteiger partial charge in [-0.2, -0.15) is 0 Å². The maximum Gasteiger partial charge on any atom is 0.196 e. The van der Waals surface area contributed by atoms with Crippen LogP contribution >= 0.6 is 0 Å². The first-order valence-electron chi connectivity index (χ1n) is 8.02. The fourth-order valence-corrected chi connectivity index (χ4v) is 3.21. The lowest BCUT2D eigenvalue weighted by Gasteiger charge is -2.15. The highest BCUT2D eigenvalue weighted by molar-refractivity contribution is 6.13. The van der Waals surface area contributed by atoms with Gasteiger partial charge in [0.25, 0.3) is 0 Å². The molecule has 0 saturated carbocycles. The molecule has 0 radical (unpaired) electrons. The van der Waals surface area contributed by atoms with Crippen LogP contribution in [0.3, 0.4) is 0 Å². The summed E-state index contributed by atoms with van der Waals surface area (Å²) in [6, 6.07) is 10.3. The zero-order chi connectivity index (χ0) is 17.7. The van der Waals surface area contributed by atoms with Crippen LogP contribution in [0, 0.1) is 18.6 Å². The van der Waals surface area contributed by atoms with E-state index >= 15 is 0 Å². The molecular formula is C20H15F2NO2. The number of aromatic nitrogens is 1. The molecule has 2 aromatic carbocycles. The highest BCUT2D eigenvalue weighted by Gasteiger charge is 2.43. The largest absolute Gasteiger partial charge is 0.361 e. The minimum Gasteiger partial charge on any atom is -0.361 e. The number of carbonyl (C=O) groups excluding carboxylic acids is 1. The number of fused-ring (bicyclic) bond motifs is 1. The first kappa shape index (κ1) is 15.8. The monoisotopic (exact) mass is 339 g/mol. The van der Waals surface area contributed by atoms with Crippen molar-refractivity contribution >= 4 is 16.7 Å². The third-order valence-electron chi connectivity index (χ3n) is 4.49. The van der Waals surface area contributed by atoms with Crippen molar-refractivity contribution in [3.63, 3.8) is 0 Å². The van der Waals surface area contributed by atoms with E-state index in [0.29, 0.717) is 27.9 Å². The second kappa shape index (κ2) is 5.70. The summed E-state index contributed by atoms with van der Waals surface area (Å²) in [5.41, 5.74) is 2.30. The summed E-state index contributed by atoms with van der Waals surface area (Å²) in [5.74, 6) is -1.09. The van der Waals surface area contributed by atoms with Crippen LogP contribution in [0.5, 0.6) is 0 Å². The molecule has 0 unspecified atom stereocenters. The lowest BCUT2D eigenvalue weighted by atomic mass is 9.90. The molecule has 1 aliphatic heterocycles. The van der Waals surface area contributed by atoms with Crippen LogP contribution in [0.4, 0.5) is 8.78 Å². The molecule has 1 fully saturated rings. The second-order valence-corrected chi connectivity index (χ2v) is 6.21. The predicted octanol–water partition coefficient (Wildman–Crippen LogP) is 4.46. The van der Waals surface area contributed by atoms with Gasteiger partial charge in [-0.3, -0.25) is 9.78 Å². The van der Waals surface area contributed by atoms with Crippen molar-refractivity contribution in [2.45, 2.75) is 26.1 Å². The smallest absolute Gasteiger partial charge is 0.196 e. The first-order valence-corrected chi connectivity index (χ1v) is 8.02. The Hall–Kier alpha value is -2.66. The van der Waals surface area contributed by atoms with Crippen LogP contribution < -0.4 is 0 Å². The normalized spacial score (nSPS) is 19.2. The van der Waals surface area contributed by atoms with Crippen molar-refractivity contribution in [3.8, 4) is 11.1 Å². The van der Waals surface area contributed by atoms with Crippen LogP contribution in [0.2, 0.25) is 0 Å². The van der Waals surface area contributed by atoms with Crippen molar-refractivity contribution in [3.05, 3.63) is 65.4 Å². The molecule has 1 aromatic heterocycles. The number of nitrogens with zero attached hydrogens (tertiary/aromatic N) is 1. The molecule has 1 saturated heterocycles. The van der Waals surface area contributed by atoms with E-state index in [1.165, 1.54) is 18.2 Å². The van der Waals surface area contributed by atoms with Crippen molar-refractivity contribution in [2.24, 2.45) is 0 Å². The molecular weight excluding hydrogens is 324 g/mol. The standard InChI is InChI=1S/C20H15F2NO2/c1-10-16(19(24)20-11(2)25-20)17(12-6-8-13(21)9-7-12)18-14(22)4-3-5-15(18)23-10/h3-9,11,20H,1-2H3/t11-,20+/m0/s1. The van der Waals surface area contributed by atoms with E-state index in [4.69, 9.17) is 4.74 Å². The molecule has 3 aromatic rings. The summed E-state index contributed by atoms with van der Waals surface area (Å²) in [6.07, 6.45) is -0.701. The molecule has 5 heteroatoms. The molecule has 0 amide bonds. The minimum absolute atomic E-state index is 0.163. The lowest BCUT2D eigenvalue weighted by molar-refractivity contribution is 0.0953. The Morgan fingerprint density at radius 2 is 1.80 bits per heavy atom. The van der Waals surface area contributed by atoms with E-state index in [2.05, 4.69) is 4.98 Å². The zero-order valence-corrected chi connectivity index (χ0v) is 13.7. The Morgan fingerprint density at radius 3 is 2.44 bits per heavy atom. The highest BCUT2D eigenvalue weighted by atomic mass is 19.1. The molecule has 0 N–H and O–H groups in total. The van der Waals surface area contributed by atoms with Crippen LogP contribution in [-0.2, 0) is 4.74 Å². The van der Waals surface area contributed by atoms with Gasteiger partial charge >= 0.3 is 0 Å². The van der Waals surface area contributed by atoms with Gasteiger partial charge in [-0.05, 0) is 43.7 Å². The van der Waals surface area contributed by atoms with E-state index < -0.39 is 17.7 Å². The van der Waals surface area contributed by atoms with Gasteiger partial charge in [-0.25, -0.2) is 8.78 Å². The molecule has 3 nitrogen and oxygen atoms in total. The molecule has 0 spiro atoms. The minimum atomic E-state index is -0.538. The average molecular weight is 339 g/mol. The maximum atomic E-state index is 14.6. The third-order valence-corrected chi connectivity index (χ3v) is 4.49. The van der Waals surface area contributed by atoms with Crippen LogP contribution in [0.15, 0.2) is 42.5 Å². The number of pyridine rings is 1. The van der Waals surface area contributed by atoms with E-state index in [9.17, 15) is 13.6 Å². The number of halogens is 2. The Balaban J connectivity index is 2.07. The topological polar surface area (TPSA) is 42.5 Å². The second-order valence-electron chi connectivity index (χ2n) is 6.21. The number of epoxide rings is 1. The van der Waals surface area contributed by atoms with E-state index in [1.807, 2.05) is 6.92 Å². The molecule has 2 heterocycles. The van der Waals surface area contributed by atoms with Crippen LogP contribution in [0.1, 0.15) is 23.0 Å². The molecule has 0 aliphatic carbocycles. The Kier molecular flexibility index (Phi) is 3.62. The van der Waals surface area contributed by atoms with E-state index in [-0.39, 0.29) is 17.3 Å². The molecule has 25 heavy (non-hydrogen) atoms. The summed E-state index contributed by atoms with van der Waals surface area (Å²) < 4.78 is 33.3. The van der Waals surface area contributed by atoms with Crippen LogP contribution in [0.25, 0.3) is 22.0 Å². The van der Waals surface area contributed by atoms with E-state index in [0.717, 1.165) is 0 Å². The molecule has 0 bridgehead atoms. The molecule has 1 aliphatic rings. The number of Topliss-reactive ketones (excluding diaryl/α,β-unsaturated/α-hetero) is 1. The number of hydrogen-bond acceptors (Lipinski definition) is 3. The number of hydrogen-bond donors (Lipinski definition) is 0. The summed E-state index contributed by atoms with van der Waals surface area (Å²) in [7, 11) is 0. The quantitative estimate of drug-likeness (QED) is 0.523. The maximum absolute atomic E-state index is 14.6. The number of aryl methyl sites for hydroxylation is 1. The molecule has 126 valence electrons. The first-order chi connectivity index (χ1) is 12.0. The number of ketones is 1. The molecule has 2 atom stereocenters. The number of benzene rings is 2. The van der Waals surface area contributed by atoms with Gasteiger partial charge in [0.2, 0.25) is 0 Å². The van der Waals surface area contributed by atoms with Crippen molar-refractivity contribution in [1.82, 2.24) is 4.98 Å². The Labute approximate surface area is 143 Å². The van der Waals surface area contributed by atoms with Gasteiger partial charge in [0.15, 0.2) is 5.78 Å². The van der Waals surface area contributed by atoms with Gasteiger partial charge in [-0.15, -0.1) is 0 Å². The van der Waals surface area contributed by atoms with Crippen molar-refractivity contribution in [2.75, 3.05) is 0 Å². The Morgan fingerprint density at radius 1 is 1.12 bits per heavy atom. The summed E-state index contributed by atoms with van der Waals surface area (Å²) in [4.78, 5) is 17.3. The van der Waals surface area contributed by atoms with Gasteiger partial charge in [0, 0.05) is 16.6 Å². The summed E-state index contributed by atoms with van der Waals surface area (Å²) >= 11 is 0. The van der Waals surface area contributed by atoms with Crippen molar-refractivity contribution < 1.29 is 18.3 Å².